The number of nitro benzene ring substituents is 1. The minimum atomic E-state index is -1.66. The lowest BCUT2D eigenvalue weighted by atomic mass is 9.55. The highest BCUT2D eigenvalue weighted by Crippen LogP contribution is 2.62. The number of aliphatic hydroxyl groups is 2. The van der Waals surface area contributed by atoms with Gasteiger partial charge in [-0.15, -0.1) is 13.2 Å². The van der Waals surface area contributed by atoms with Gasteiger partial charge in [0.05, 0.1) is 29.8 Å². The molecule has 2 amide bonds. The van der Waals surface area contributed by atoms with Crippen LogP contribution < -0.4 is 14.8 Å². The van der Waals surface area contributed by atoms with Gasteiger partial charge >= 0.3 is 12.2 Å². The molecule has 0 spiro atoms. The minimum Gasteiger partial charge on any atom is -0.459 e. The fraction of sp³-hybridized carbons (Fsp3) is 0.389. The Morgan fingerprint density at radius 1 is 0.929 bits per heavy atom. The van der Waals surface area contributed by atoms with Crippen molar-refractivity contribution in [1.82, 2.24) is 10.2 Å². The molecule has 4 aromatic rings. The number of halogens is 1. The number of carbonyl (C=O) groups is 2. The Kier molecular flexibility index (Phi) is 17.9. The summed E-state index contributed by atoms with van der Waals surface area (Å²) in [4.78, 5) is 46.7. The number of benzene rings is 4. The fourth-order valence-corrected chi connectivity index (χ4v) is 9.92. The van der Waals surface area contributed by atoms with Crippen molar-refractivity contribution in [3.8, 4) is 11.5 Å². The molecule has 370 valence electrons. The zero-order valence-electron chi connectivity index (χ0n) is 39.2. The molecule has 2 aliphatic carbocycles. The fourth-order valence-electron chi connectivity index (χ4n) is 9.92. The second-order valence-electron chi connectivity index (χ2n) is 17.6. The Hall–Kier alpha value is -6.88. The molecule has 70 heavy (non-hydrogen) atoms. The lowest BCUT2D eigenvalue weighted by Crippen LogP contribution is -2.70. The van der Waals surface area contributed by atoms with Gasteiger partial charge in [-0.1, -0.05) is 78.7 Å². The van der Waals surface area contributed by atoms with E-state index in [9.17, 15) is 34.3 Å². The van der Waals surface area contributed by atoms with Gasteiger partial charge < -0.3 is 39.3 Å². The first kappa shape index (κ1) is 51.0. The molecule has 3 N–H and O–H groups in total. The first-order valence-corrected chi connectivity index (χ1v) is 23.8. The summed E-state index contributed by atoms with van der Waals surface area (Å²) in [5.41, 5.74) is 4.03. The van der Waals surface area contributed by atoms with Crippen molar-refractivity contribution in [2.24, 2.45) is 22.9 Å². The Balaban J connectivity index is 1.41. The number of aliphatic hydroxyl groups excluding tert-OH is 2. The molecule has 0 radical (unpaired) electrons. The van der Waals surface area contributed by atoms with Crippen LogP contribution in [0.15, 0.2) is 139 Å². The molecular weight excluding hydrogens is 900 g/mol. The summed E-state index contributed by atoms with van der Waals surface area (Å²) in [6, 6.07) is 25.5. The number of amides is 2. The number of nitrogens with zero attached hydrogens (tertiary/aromatic N) is 3. The van der Waals surface area contributed by atoms with Gasteiger partial charge in [-0.3, -0.25) is 15.0 Å². The monoisotopic (exact) mass is 960 g/mol. The maximum absolute atomic E-state index is 14.7. The highest BCUT2D eigenvalue weighted by atomic mass is 19.1. The molecule has 1 fully saturated rings. The maximum atomic E-state index is 14.7. The van der Waals surface area contributed by atoms with Gasteiger partial charge in [0, 0.05) is 56.3 Å². The summed E-state index contributed by atoms with van der Waals surface area (Å²) in [5.74, 6) is -2.80. The van der Waals surface area contributed by atoms with Crippen LogP contribution in [0.25, 0.3) is 0 Å². The number of unbranched alkanes of at least 4 members (excludes halogenated alkanes) is 2. The molecule has 16 heteroatoms. The molecule has 0 aromatic heterocycles. The van der Waals surface area contributed by atoms with Crippen molar-refractivity contribution in [1.29, 1.82) is 0 Å². The highest BCUT2D eigenvalue weighted by molar-refractivity contribution is 6.03. The molecule has 0 bridgehead atoms. The third-order valence-electron chi connectivity index (χ3n) is 13.1. The third kappa shape index (κ3) is 12.3. The largest absolute Gasteiger partial charge is 0.459 e. The van der Waals surface area contributed by atoms with E-state index in [1.807, 2.05) is 36.4 Å². The van der Waals surface area contributed by atoms with E-state index in [-0.39, 0.29) is 75.8 Å². The van der Waals surface area contributed by atoms with Crippen LogP contribution >= 0.6 is 0 Å². The van der Waals surface area contributed by atoms with Gasteiger partial charge in [0.2, 0.25) is 5.79 Å². The van der Waals surface area contributed by atoms with Crippen molar-refractivity contribution in [3.63, 3.8) is 0 Å². The van der Waals surface area contributed by atoms with Crippen molar-refractivity contribution < 1.29 is 52.9 Å². The van der Waals surface area contributed by atoms with Crippen LogP contribution in [0.3, 0.4) is 0 Å². The van der Waals surface area contributed by atoms with Crippen LogP contribution in [0.2, 0.25) is 0 Å². The number of hydrogen-bond donors (Lipinski definition) is 3. The Labute approximate surface area is 407 Å². The van der Waals surface area contributed by atoms with Crippen molar-refractivity contribution in [2.45, 2.75) is 88.8 Å². The van der Waals surface area contributed by atoms with Crippen LogP contribution in [0, 0.1) is 33.7 Å². The van der Waals surface area contributed by atoms with Gasteiger partial charge in [0.15, 0.2) is 0 Å². The van der Waals surface area contributed by atoms with E-state index in [0.29, 0.717) is 67.5 Å². The number of oxime groups is 1. The molecular formula is C54H61FN4O11. The number of rotatable bonds is 24. The molecule has 0 saturated heterocycles. The van der Waals surface area contributed by atoms with E-state index in [1.54, 1.807) is 48.6 Å². The Morgan fingerprint density at radius 2 is 1.66 bits per heavy atom. The average Bonchev–Trinajstić information content (AvgIpc) is 3.37. The predicted molar refractivity (Wildman–Crippen MR) is 260 cm³/mol. The third-order valence-corrected chi connectivity index (χ3v) is 13.1. The molecule has 3 aliphatic rings. The van der Waals surface area contributed by atoms with Gasteiger partial charge in [-0.05, 0) is 109 Å². The number of fused-ring (bicyclic) bond motifs is 2. The summed E-state index contributed by atoms with van der Waals surface area (Å²) in [5, 5.41) is 39.1. The second-order valence-corrected chi connectivity index (χ2v) is 17.6. The second kappa shape index (κ2) is 24.6. The maximum Gasteiger partial charge on any atom is 0.412 e. The van der Waals surface area contributed by atoms with E-state index < -0.39 is 46.6 Å². The minimum absolute atomic E-state index is 0.000753. The molecule has 1 saturated carbocycles. The smallest absolute Gasteiger partial charge is 0.412 e. The van der Waals surface area contributed by atoms with E-state index in [1.165, 1.54) is 29.2 Å². The topological polar surface area (TPSA) is 192 Å². The number of nitrogens with one attached hydrogen (secondary N) is 1. The van der Waals surface area contributed by atoms with Gasteiger partial charge in [0.1, 0.15) is 30.0 Å². The van der Waals surface area contributed by atoms with Crippen LogP contribution in [-0.4, -0.2) is 76.2 Å². The molecule has 15 nitrogen and oxygen atoms in total. The molecule has 6 unspecified atom stereocenters. The molecule has 6 atom stereocenters. The van der Waals surface area contributed by atoms with Crippen molar-refractivity contribution in [3.05, 3.63) is 172 Å². The first-order valence-electron chi connectivity index (χ1n) is 23.8. The Bertz CT molecular complexity index is 2490. The summed E-state index contributed by atoms with van der Waals surface area (Å²) in [7, 11) is 0. The summed E-state index contributed by atoms with van der Waals surface area (Å²) >= 11 is 0. The first-order chi connectivity index (χ1) is 34.1. The van der Waals surface area contributed by atoms with E-state index in [4.69, 9.17) is 28.9 Å². The number of nitro groups is 1. The van der Waals surface area contributed by atoms with E-state index in [0.717, 1.165) is 16.7 Å². The number of non-ortho nitro benzene ring substituents is 1. The zero-order chi connectivity index (χ0) is 49.5. The predicted octanol–water partition coefficient (Wildman–Crippen LogP) is 10.1. The van der Waals surface area contributed by atoms with Crippen LogP contribution in [0.1, 0.15) is 79.5 Å². The zero-order valence-corrected chi connectivity index (χ0v) is 39.2. The average molecular weight is 961 g/mol. The molecule has 7 rings (SSSR count). The number of allylic oxidation sites excluding steroid dienone is 1. The summed E-state index contributed by atoms with van der Waals surface area (Å²) in [6.45, 7) is 7.99. The normalized spacial score (nSPS) is 21.5. The number of hydrogen-bond acceptors (Lipinski definition) is 12. The number of ether oxygens (including phenoxy) is 4. The Morgan fingerprint density at radius 3 is 2.36 bits per heavy atom. The van der Waals surface area contributed by atoms with Gasteiger partial charge in [-0.2, -0.15) is 0 Å². The van der Waals surface area contributed by atoms with E-state index >= 15 is 0 Å². The number of carbonyl (C=O) groups excluding carboxylic acids is 2. The lowest BCUT2D eigenvalue weighted by Gasteiger charge is -2.59. The quantitative estimate of drug-likeness (QED) is 0.0262. The van der Waals surface area contributed by atoms with Crippen LogP contribution in [0.5, 0.6) is 11.5 Å². The molecule has 4 aromatic carbocycles. The van der Waals surface area contributed by atoms with Gasteiger partial charge in [0.25, 0.3) is 5.69 Å². The lowest BCUT2D eigenvalue weighted by molar-refractivity contribution is -0.384. The summed E-state index contributed by atoms with van der Waals surface area (Å²) in [6.07, 6.45) is 8.37. The molecule has 1 aliphatic heterocycles. The summed E-state index contributed by atoms with van der Waals surface area (Å²) < 4.78 is 40.6. The van der Waals surface area contributed by atoms with Gasteiger partial charge in [-0.25, -0.2) is 14.0 Å². The van der Waals surface area contributed by atoms with E-state index in [2.05, 4.69) is 24.6 Å². The van der Waals surface area contributed by atoms with Crippen LogP contribution in [-0.2, 0) is 34.0 Å². The van der Waals surface area contributed by atoms with Crippen molar-refractivity contribution >= 4 is 23.6 Å². The standard InChI is InChI=1S/C54H61FN4O11/c1-3-5-30-66-53(63)58(35-38-17-21-41(55)22-18-38)49-33-47(57-68-36-39-19-23-42(24-20-39)59(64)65)45-31-40(15-9-11-27-60)44(16-10-12-28-61)50-46-32-43(69-52(62)56-34-37-13-7-6-8-14-37)25-26-48(46)70-54(49,51(45)50)67-29-4-2/h3-4,6-8,13-14,17-26,31-32,40,44,49-51,60-61H,1-2,5,9-12,15-16,27-30,33-36H2,(H,56,62). The SMILES string of the molecule is C=CCCOC(=O)N(Cc1ccc(F)cc1)C1CC(=NOCc2ccc([N+](=O)[O-])cc2)C2=CC(CCCCO)C(CCCCO)C3c4cc(OC(=O)NCc5ccccc5)ccc4OC1(OCC=C)C23. The van der Waals surface area contributed by atoms with Crippen molar-refractivity contribution in [2.75, 3.05) is 26.4 Å². The van der Waals surface area contributed by atoms with Crippen LogP contribution in [0.4, 0.5) is 19.7 Å². The highest BCUT2D eigenvalue weighted by Gasteiger charge is 2.65. The molecule has 1 heterocycles.